The number of pyridine rings is 1. The van der Waals surface area contributed by atoms with Gasteiger partial charge in [-0.3, -0.25) is 9.69 Å². The van der Waals surface area contributed by atoms with E-state index in [-0.39, 0.29) is 16.8 Å². The first-order valence-corrected chi connectivity index (χ1v) is 9.94. The number of hydrogen-bond acceptors (Lipinski definition) is 4. The Balaban J connectivity index is 1.62. The van der Waals surface area contributed by atoms with Crippen LogP contribution in [0.5, 0.6) is 0 Å². The predicted molar refractivity (Wildman–Crippen MR) is 109 cm³/mol. The summed E-state index contributed by atoms with van der Waals surface area (Å²) in [6, 6.07) is 11.3. The number of rotatable bonds is 6. The Morgan fingerprint density at radius 2 is 1.70 bits per heavy atom. The van der Waals surface area contributed by atoms with Crippen LogP contribution >= 0.6 is 23.2 Å². The summed E-state index contributed by atoms with van der Waals surface area (Å²) in [6.45, 7) is 8.97. The average molecular weight is 407 g/mol. The van der Waals surface area contributed by atoms with Crippen molar-refractivity contribution in [3.63, 3.8) is 0 Å². The third-order valence-corrected chi connectivity index (χ3v) is 5.41. The van der Waals surface area contributed by atoms with E-state index in [0.29, 0.717) is 11.6 Å². The molecule has 1 fully saturated rings. The molecule has 1 amide bonds. The zero-order valence-corrected chi connectivity index (χ0v) is 16.9. The molecule has 0 atom stereocenters. The molecule has 1 aromatic carbocycles. The maximum absolute atomic E-state index is 12.4. The van der Waals surface area contributed by atoms with Gasteiger partial charge in [-0.2, -0.15) is 0 Å². The van der Waals surface area contributed by atoms with Crippen molar-refractivity contribution in [3.05, 3.63) is 63.4 Å². The maximum Gasteiger partial charge on any atom is 0.271 e. The minimum Gasteiger partial charge on any atom is -0.347 e. The lowest BCUT2D eigenvalue weighted by Crippen LogP contribution is -2.45. The molecule has 1 aliphatic heterocycles. The van der Waals surface area contributed by atoms with Crippen LogP contribution in [0.2, 0.25) is 10.2 Å². The van der Waals surface area contributed by atoms with Gasteiger partial charge in [-0.1, -0.05) is 54.4 Å². The third-order valence-electron chi connectivity index (χ3n) is 4.89. The fourth-order valence-electron chi connectivity index (χ4n) is 3.23. The number of likely N-dealkylation sites (N-methyl/N-ethyl adjacent to an activating group) is 1. The van der Waals surface area contributed by atoms with Crippen LogP contribution in [-0.4, -0.2) is 53.4 Å². The molecule has 1 N–H and O–H groups in total. The Bertz CT molecular complexity index is 791. The van der Waals surface area contributed by atoms with E-state index < -0.39 is 0 Å². The van der Waals surface area contributed by atoms with E-state index >= 15 is 0 Å². The Hall–Kier alpha value is -1.66. The number of hydrogen-bond donors (Lipinski definition) is 1. The Morgan fingerprint density at radius 1 is 1.04 bits per heavy atom. The second-order valence-corrected chi connectivity index (χ2v) is 7.42. The van der Waals surface area contributed by atoms with Crippen LogP contribution in [0.25, 0.3) is 0 Å². The van der Waals surface area contributed by atoms with Gasteiger partial charge in [0.25, 0.3) is 5.91 Å². The molecule has 2 heterocycles. The molecule has 0 radical (unpaired) electrons. The fourth-order valence-corrected chi connectivity index (χ4v) is 3.56. The molecule has 1 aromatic heterocycles. The molecule has 27 heavy (non-hydrogen) atoms. The summed E-state index contributed by atoms with van der Waals surface area (Å²) in [5.41, 5.74) is 2.48. The van der Waals surface area contributed by atoms with Gasteiger partial charge >= 0.3 is 0 Å². The molecule has 7 heteroatoms. The number of nitrogens with one attached hydrogen (secondary N) is 1. The van der Waals surface area contributed by atoms with Crippen molar-refractivity contribution in [3.8, 4) is 0 Å². The molecule has 0 unspecified atom stereocenters. The number of benzene rings is 1. The van der Waals surface area contributed by atoms with Gasteiger partial charge in [0.15, 0.2) is 0 Å². The van der Waals surface area contributed by atoms with Gasteiger partial charge in [-0.25, -0.2) is 4.98 Å². The normalized spacial score (nSPS) is 15.7. The first-order valence-electron chi connectivity index (χ1n) is 9.18. The molecule has 0 saturated carbocycles. The van der Waals surface area contributed by atoms with E-state index in [9.17, 15) is 4.79 Å². The second-order valence-electron chi connectivity index (χ2n) is 6.63. The van der Waals surface area contributed by atoms with E-state index in [1.165, 1.54) is 5.56 Å². The summed E-state index contributed by atoms with van der Waals surface area (Å²) < 4.78 is 0. The number of carbonyl (C=O) groups is 1. The zero-order chi connectivity index (χ0) is 19.2. The molecule has 1 aliphatic rings. The Morgan fingerprint density at radius 3 is 2.41 bits per heavy atom. The van der Waals surface area contributed by atoms with E-state index in [1.807, 2.05) is 18.2 Å². The van der Waals surface area contributed by atoms with Gasteiger partial charge in [0.05, 0.1) is 5.02 Å². The minimum atomic E-state index is -0.325. The van der Waals surface area contributed by atoms with Gasteiger partial charge in [0, 0.05) is 39.3 Å². The first kappa shape index (κ1) is 20.1. The van der Waals surface area contributed by atoms with Gasteiger partial charge in [-0.15, -0.1) is 0 Å². The molecular weight excluding hydrogens is 383 g/mol. The van der Waals surface area contributed by atoms with Crippen LogP contribution in [0.4, 0.5) is 0 Å². The minimum absolute atomic E-state index is 0.150. The third kappa shape index (κ3) is 5.42. The van der Waals surface area contributed by atoms with Crippen molar-refractivity contribution >= 4 is 29.1 Å². The van der Waals surface area contributed by atoms with E-state index in [0.717, 1.165) is 44.8 Å². The second kappa shape index (κ2) is 9.51. The number of nitrogens with zero attached hydrogens (tertiary/aromatic N) is 3. The van der Waals surface area contributed by atoms with E-state index in [4.69, 9.17) is 23.2 Å². The lowest BCUT2D eigenvalue weighted by molar-refractivity contribution is 0.0945. The molecule has 144 valence electrons. The van der Waals surface area contributed by atoms with Crippen molar-refractivity contribution in [2.45, 2.75) is 20.0 Å². The lowest BCUT2D eigenvalue weighted by atomic mass is 10.1. The SMILES string of the molecule is CCN1CCN(Cc2ccccc2CNC(=O)c2nc(Cl)ccc2Cl)CC1. The van der Waals surface area contributed by atoms with Gasteiger partial charge < -0.3 is 10.2 Å². The monoisotopic (exact) mass is 406 g/mol. The zero-order valence-electron chi connectivity index (χ0n) is 15.4. The highest BCUT2D eigenvalue weighted by atomic mass is 35.5. The number of piperazine rings is 1. The van der Waals surface area contributed by atoms with Crippen molar-refractivity contribution in [1.82, 2.24) is 20.1 Å². The molecule has 0 aliphatic carbocycles. The van der Waals surface area contributed by atoms with Crippen LogP contribution < -0.4 is 5.32 Å². The summed E-state index contributed by atoms with van der Waals surface area (Å²) in [7, 11) is 0. The van der Waals surface area contributed by atoms with Crippen molar-refractivity contribution in [2.24, 2.45) is 0 Å². The molecule has 2 aromatic rings. The summed E-state index contributed by atoms with van der Waals surface area (Å²) in [5, 5.41) is 3.44. The molecule has 0 bridgehead atoms. The van der Waals surface area contributed by atoms with Crippen molar-refractivity contribution in [1.29, 1.82) is 0 Å². The highest BCUT2D eigenvalue weighted by Gasteiger charge is 2.17. The summed E-state index contributed by atoms with van der Waals surface area (Å²) >= 11 is 11.9. The largest absolute Gasteiger partial charge is 0.347 e. The standard InChI is InChI=1S/C20H24Cl2N4O/c1-2-25-9-11-26(12-10-25)14-16-6-4-3-5-15(16)13-23-20(27)19-17(21)7-8-18(22)24-19/h3-8H,2,9-14H2,1H3,(H,23,27). The Kier molecular flexibility index (Phi) is 7.07. The molecule has 3 rings (SSSR count). The molecule has 5 nitrogen and oxygen atoms in total. The predicted octanol–water partition coefficient (Wildman–Crippen LogP) is 3.46. The number of carbonyl (C=O) groups excluding carboxylic acids is 1. The van der Waals surface area contributed by atoms with E-state index in [2.05, 4.69) is 33.1 Å². The van der Waals surface area contributed by atoms with Gasteiger partial charge in [0.1, 0.15) is 10.8 Å². The Labute approximate surface area is 170 Å². The van der Waals surface area contributed by atoms with Crippen molar-refractivity contribution < 1.29 is 4.79 Å². The first-order chi connectivity index (χ1) is 13.1. The van der Waals surface area contributed by atoms with Crippen LogP contribution in [0, 0.1) is 0 Å². The van der Waals surface area contributed by atoms with Crippen LogP contribution in [0.1, 0.15) is 28.5 Å². The van der Waals surface area contributed by atoms with Crippen LogP contribution in [0.3, 0.4) is 0 Å². The topological polar surface area (TPSA) is 48.5 Å². The highest BCUT2D eigenvalue weighted by Crippen LogP contribution is 2.18. The van der Waals surface area contributed by atoms with Gasteiger partial charge in [0.2, 0.25) is 0 Å². The number of aromatic nitrogens is 1. The number of amides is 1. The molecule has 0 spiro atoms. The smallest absolute Gasteiger partial charge is 0.271 e. The lowest BCUT2D eigenvalue weighted by Gasteiger charge is -2.34. The van der Waals surface area contributed by atoms with Gasteiger partial charge in [-0.05, 0) is 29.8 Å². The van der Waals surface area contributed by atoms with Crippen LogP contribution in [-0.2, 0) is 13.1 Å². The summed E-state index contributed by atoms with van der Waals surface area (Å²) in [5.74, 6) is -0.325. The quantitative estimate of drug-likeness (QED) is 0.746. The molecular formula is C20H24Cl2N4O. The summed E-state index contributed by atoms with van der Waals surface area (Å²) in [4.78, 5) is 21.4. The fraction of sp³-hybridized carbons (Fsp3) is 0.400. The van der Waals surface area contributed by atoms with Crippen molar-refractivity contribution in [2.75, 3.05) is 32.7 Å². The summed E-state index contributed by atoms with van der Waals surface area (Å²) in [6.07, 6.45) is 0. The maximum atomic E-state index is 12.4. The average Bonchev–Trinajstić information content (AvgIpc) is 2.69. The number of halogens is 2. The highest BCUT2D eigenvalue weighted by molar-refractivity contribution is 6.34. The van der Waals surface area contributed by atoms with E-state index in [1.54, 1.807) is 12.1 Å². The molecule has 1 saturated heterocycles. The van der Waals surface area contributed by atoms with Crippen LogP contribution in [0.15, 0.2) is 36.4 Å².